The zero-order chi connectivity index (χ0) is 21.0. The van der Waals surface area contributed by atoms with Crippen LogP contribution in [0.25, 0.3) is 10.9 Å². The largest absolute Gasteiger partial charge is 0.493 e. The second kappa shape index (κ2) is 8.90. The third kappa shape index (κ3) is 4.65. The number of anilines is 1. The van der Waals surface area contributed by atoms with Crippen LogP contribution in [0.1, 0.15) is 19.4 Å². The Balaban J connectivity index is 1.75. The Kier molecular flexibility index (Phi) is 6.32. The van der Waals surface area contributed by atoms with E-state index in [0.717, 1.165) is 23.2 Å². The van der Waals surface area contributed by atoms with E-state index in [0.29, 0.717) is 23.2 Å². The summed E-state index contributed by atoms with van der Waals surface area (Å²) in [4.78, 5) is 12.6. The van der Waals surface area contributed by atoms with Crippen molar-refractivity contribution < 1.29 is 19.0 Å². The number of fused-ring (bicyclic) bond motifs is 1. The van der Waals surface area contributed by atoms with Gasteiger partial charge in [-0.15, -0.1) is 0 Å². The van der Waals surface area contributed by atoms with Gasteiger partial charge in [-0.05, 0) is 47.9 Å². The van der Waals surface area contributed by atoms with Crippen LogP contribution in [0.5, 0.6) is 17.2 Å². The molecule has 0 fully saturated rings. The third-order valence-electron chi connectivity index (χ3n) is 4.71. The van der Waals surface area contributed by atoms with Gasteiger partial charge in [-0.25, -0.2) is 0 Å². The van der Waals surface area contributed by atoms with Crippen molar-refractivity contribution in [2.24, 2.45) is 5.92 Å². The Morgan fingerprint density at radius 1 is 1.00 bits per heavy atom. The first kappa shape index (κ1) is 20.6. The highest BCUT2D eigenvalue weighted by molar-refractivity contribution is 5.95. The molecule has 1 heterocycles. The molecular formula is C23H28N2O4. The number of hydrogen-bond donors (Lipinski definition) is 1. The van der Waals surface area contributed by atoms with Crippen LogP contribution in [0.2, 0.25) is 0 Å². The molecule has 3 rings (SSSR count). The summed E-state index contributed by atoms with van der Waals surface area (Å²) in [5, 5.41) is 4.08. The second-order valence-electron chi connectivity index (χ2n) is 7.39. The standard InChI is InChI=1S/C23H28N2O4/c1-15(2)14-25-9-8-17-13-18(6-7-19(17)25)24-22(26)12-16-10-20(27-3)23(29-5)21(11-16)28-4/h6-11,13,15H,12,14H2,1-5H3,(H,24,26). The van der Waals surface area contributed by atoms with Gasteiger partial charge in [0, 0.05) is 29.3 Å². The van der Waals surface area contributed by atoms with Crippen LogP contribution >= 0.6 is 0 Å². The van der Waals surface area contributed by atoms with Crippen molar-refractivity contribution >= 4 is 22.5 Å². The van der Waals surface area contributed by atoms with E-state index in [1.165, 1.54) is 5.52 Å². The van der Waals surface area contributed by atoms with Crippen molar-refractivity contribution in [1.29, 1.82) is 0 Å². The van der Waals surface area contributed by atoms with Gasteiger partial charge in [0.2, 0.25) is 11.7 Å². The number of ether oxygens (including phenoxy) is 3. The lowest BCUT2D eigenvalue weighted by molar-refractivity contribution is -0.115. The van der Waals surface area contributed by atoms with Gasteiger partial charge in [0.05, 0.1) is 27.8 Å². The number of hydrogen-bond acceptors (Lipinski definition) is 4. The summed E-state index contributed by atoms with van der Waals surface area (Å²) in [5.41, 5.74) is 2.72. The molecule has 3 aromatic rings. The fourth-order valence-electron chi connectivity index (χ4n) is 3.46. The minimum Gasteiger partial charge on any atom is -0.493 e. The molecule has 29 heavy (non-hydrogen) atoms. The Hall–Kier alpha value is -3.15. The number of methoxy groups -OCH3 is 3. The van der Waals surface area contributed by atoms with E-state index in [1.54, 1.807) is 33.5 Å². The summed E-state index contributed by atoms with van der Waals surface area (Å²) in [6, 6.07) is 11.6. The van der Waals surface area contributed by atoms with Crippen LogP contribution in [-0.4, -0.2) is 31.8 Å². The molecule has 1 aromatic heterocycles. The molecule has 0 aliphatic carbocycles. The SMILES string of the molecule is COc1cc(CC(=O)Nc2ccc3c(ccn3CC(C)C)c2)cc(OC)c1OC. The van der Waals surface area contributed by atoms with Crippen LogP contribution < -0.4 is 19.5 Å². The van der Waals surface area contributed by atoms with Gasteiger partial charge in [0.15, 0.2) is 11.5 Å². The Labute approximate surface area is 171 Å². The topological polar surface area (TPSA) is 61.7 Å². The molecule has 0 saturated heterocycles. The average Bonchev–Trinajstić information content (AvgIpc) is 3.08. The number of nitrogens with zero attached hydrogens (tertiary/aromatic N) is 1. The maximum absolute atomic E-state index is 12.6. The van der Waals surface area contributed by atoms with Gasteiger partial charge in [0.1, 0.15) is 0 Å². The third-order valence-corrected chi connectivity index (χ3v) is 4.71. The van der Waals surface area contributed by atoms with Crippen molar-refractivity contribution in [2.45, 2.75) is 26.8 Å². The lowest BCUT2D eigenvalue weighted by Gasteiger charge is -2.14. The maximum atomic E-state index is 12.6. The van der Waals surface area contributed by atoms with Gasteiger partial charge in [-0.2, -0.15) is 0 Å². The van der Waals surface area contributed by atoms with Gasteiger partial charge in [0.25, 0.3) is 0 Å². The molecule has 0 saturated carbocycles. The van der Waals surface area contributed by atoms with Crippen molar-refractivity contribution in [2.75, 3.05) is 26.6 Å². The van der Waals surface area contributed by atoms with Crippen molar-refractivity contribution in [3.05, 3.63) is 48.2 Å². The first-order valence-electron chi connectivity index (χ1n) is 9.62. The van der Waals surface area contributed by atoms with Crippen LogP contribution in [-0.2, 0) is 17.8 Å². The molecule has 2 aromatic carbocycles. The predicted molar refractivity (Wildman–Crippen MR) is 115 cm³/mol. The van der Waals surface area contributed by atoms with Gasteiger partial charge >= 0.3 is 0 Å². The van der Waals surface area contributed by atoms with Crippen molar-refractivity contribution in [3.63, 3.8) is 0 Å². The van der Waals surface area contributed by atoms with Crippen molar-refractivity contribution in [1.82, 2.24) is 4.57 Å². The molecular weight excluding hydrogens is 368 g/mol. The number of rotatable bonds is 8. The quantitative estimate of drug-likeness (QED) is 0.609. The molecule has 0 aliphatic rings. The first-order valence-corrected chi connectivity index (χ1v) is 9.62. The van der Waals surface area contributed by atoms with Crippen LogP contribution in [0.4, 0.5) is 5.69 Å². The van der Waals surface area contributed by atoms with E-state index in [4.69, 9.17) is 14.2 Å². The second-order valence-corrected chi connectivity index (χ2v) is 7.39. The Morgan fingerprint density at radius 3 is 2.28 bits per heavy atom. The fourth-order valence-corrected chi connectivity index (χ4v) is 3.46. The zero-order valence-corrected chi connectivity index (χ0v) is 17.6. The molecule has 1 N–H and O–H groups in total. The minimum atomic E-state index is -0.111. The van der Waals surface area contributed by atoms with E-state index >= 15 is 0 Å². The molecule has 6 heteroatoms. The van der Waals surface area contributed by atoms with Gasteiger partial charge in [-0.1, -0.05) is 13.8 Å². The normalized spacial score (nSPS) is 11.0. The van der Waals surface area contributed by atoms with E-state index in [9.17, 15) is 4.79 Å². The molecule has 6 nitrogen and oxygen atoms in total. The zero-order valence-electron chi connectivity index (χ0n) is 17.6. The van der Waals surface area contributed by atoms with Crippen LogP contribution in [0.15, 0.2) is 42.6 Å². The lowest BCUT2D eigenvalue weighted by Crippen LogP contribution is -2.14. The Morgan fingerprint density at radius 2 is 1.69 bits per heavy atom. The molecule has 0 bridgehead atoms. The maximum Gasteiger partial charge on any atom is 0.228 e. The summed E-state index contributed by atoms with van der Waals surface area (Å²) in [6.07, 6.45) is 2.29. The first-order chi connectivity index (χ1) is 13.9. The number of nitrogens with one attached hydrogen (secondary N) is 1. The molecule has 0 atom stereocenters. The van der Waals surface area contributed by atoms with Gasteiger partial charge in [-0.3, -0.25) is 4.79 Å². The van der Waals surface area contributed by atoms with E-state index in [-0.39, 0.29) is 12.3 Å². The van der Waals surface area contributed by atoms with Crippen molar-refractivity contribution in [3.8, 4) is 17.2 Å². The van der Waals surface area contributed by atoms with E-state index in [1.807, 2.05) is 18.2 Å². The summed E-state index contributed by atoms with van der Waals surface area (Å²) < 4.78 is 18.3. The predicted octanol–water partition coefficient (Wildman–Crippen LogP) is 4.50. The molecule has 0 spiro atoms. The van der Waals surface area contributed by atoms with E-state index in [2.05, 4.69) is 36.0 Å². The summed E-state index contributed by atoms with van der Waals surface area (Å²) in [5.74, 6) is 2.03. The van der Waals surface area contributed by atoms with Gasteiger partial charge < -0.3 is 24.1 Å². The molecule has 0 aliphatic heterocycles. The lowest BCUT2D eigenvalue weighted by atomic mass is 10.1. The molecule has 1 amide bonds. The fraction of sp³-hybridized carbons (Fsp3) is 0.348. The number of aromatic nitrogens is 1. The average molecular weight is 396 g/mol. The monoisotopic (exact) mass is 396 g/mol. The Bertz CT molecular complexity index is 982. The highest BCUT2D eigenvalue weighted by Crippen LogP contribution is 2.38. The summed E-state index contributed by atoms with van der Waals surface area (Å²) >= 11 is 0. The summed E-state index contributed by atoms with van der Waals surface area (Å²) in [6.45, 7) is 5.36. The molecule has 0 radical (unpaired) electrons. The summed E-state index contributed by atoms with van der Waals surface area (Å²) in [7, 11) is 4.67. The minimum absolute atomic E-state index is 0.111. The number of carbonyl (C=O) groups excluding carboxylic acids is 1. The molecule has 154 valence electrons. The number of carbonyl (C=O) groups is 1. The molecule has 0 unspecified atom stereocenters. The number of amides is 1. The highest BCUT2D eigenvalue weighted by atomic mass is 16.5. The van der Waals surface area contributed by atoms with Crippen LogP contribution in [0, 0.1) is 5.92 Å². The van der Waals surface area contributed by atoms with Crippen LogP contribution in [0.3, 0.4) is 0 Å². The smallest absolute Gasteiger partial charge is 0.228 e. The van der Waals surface area contributed by atoms with E-state index < -0.39 is 0 Å². The highest BCUT2D eigenvalue weighted by Gasteiger charge is 2.15. The number of benzene rings is 2.